The lowest BCUT2D eigenvalue weighted by molar-refractivity contribution is -0.195. The number of nitrogens with zero attached hydrogens (tertiary/aromatic N) is 10. The number of rotatable bonds is 21. The quantitative estimate of drug-likeness (QED) is 0.0351. The van der Waals surface area contributed by atoms with Crippen molar-refractivity contribution in [2.75, 3.05) is 61.1 Å². The van der Waals surface area contributed by atoms with Crippen molar-refractivity contribution in [2.45, 2.75) is 257 Å². The normalized spacial score (nSPS) is 26.4. The molecule has 0 spiro atoms. The molecule has 0 aromatic carbocycles. The molecule has 2 aliphatic carbocycles. The van der Waals surface area contributed by atoms with E-state index < -0.39 is 114 Å². The number of esters is 1. The Balaban J connectivity index is 0.000000261. The van der Waals surface area contributed by atoms with Crippen molar-refractivity contribution in [3.8, 4) is 0 Å². The molecule has 4 aliphatic heterocycles. The van der Waals surface area contributed by atoms with Crippen molar-refractivity contribution < 1.29 is 80.3 Å². The van der Waals surface area contributed by atoms with Crippen LogP contribution in [0.15, 0.2) is 12.4 Å². The van der Waals surface area contributed by atoms with Crippen LogP contribution in [0.4, 0.5) is 21.2 Å². The molecule has 2 saturated carbocycles. The molecular formula is C61H98Cl2N10O17P2S2. The number of thioether (sulfide) groups is 2. The van der Waals surface area contributed by atoms with Crippen LogP contribution in [0.25, 0.3) is 22.1 Å². The zero-order valence-electron chi connectivity index (χ0n) is 55.3. The smallest absolute Gasteiger partial charge is 0.416 e. The Kier molecular flexibility index (Phi) is 25.3. The van der Waals surface area contributed by atoms with E-state index >= 15 is 0 Å². The molecule has 94 heavy (non-hydrogen) atoms. The van der Waals surface area contributed by atoms with Gasteiger partial charge in [-0.05, 0) is 146 Å². The molecule has 6 fully saturated rings. The van der Waals surface area contributed by atoms with Crippen LogP contribution >= 0.6 is 61.5 Å². The maximum Gasteiger partial charge on any atom is 0.416 e. The van der Waals surface area contributed by atoms with Crippen molar-refractivity contribution in [1.29, 1.82) is 0 Å². The van der Waals surface area contributed by atoms with Crippen LogP contribution in [0, 0.1) is 0 Å². The summed E-state index contributed by atoms with van der Waals surface area (Å²) in [6, 6.07) is -0.230. The summed E-state index contributed by atoms with van der Waals surface area (Å²) in [5.41, 5.74) is -0.714. The molecule has 27 nitrogen and oxygen atoms in total. The number of anilines is 2. The minimum absolute atomic E-state index is 0. The van der Waals surface area contributed by atoms with Gasteiger partial charge in [-0.15, -0.1) is 23.5 Å². The minimum Gasteiger partial charge on any atom is -0.465 e. The van der Waals surface area contributed by atoms with E-state index in [0.717, 1.165) is 63.1 Å². The van der Waals surface area contributed by atoms with Crippen LogP contribution in [0.5, 0.6) is 0 Å². The standard InChI is InChI=1S/C30H45ClN5O9PS.C29H45ClN5O8PS.2CH4/c1-9-40-25(37)26(46(8,39)41-10-2)47-16-19-20-21(44-30(6,7)43-20)24(42-19)36-23-18(15-32-36)22(33-27(31)34-23)35(17-13-11-12-14-17)28(38)45-29(3,4)5;1-9-39-44(8,38)29(7,16-36)45-15-19-20-21(42-28(5,6)41-20)24(40-19)35-23-18(14-31-35)22(32-25(30)33-23)34(17-12-10-11-13-17)26(37)43-27(2,3)4;;/h15,17,19-21,24,26H,9-14,16H2,1-8H3;14,17,19-21,24,36H,9-13,15-16H2,1-8H3;2*1H4/t19-,20-,21-,24-,26?,46?;19-,20-,21-,24-,29?,44?;;/m11../s1. The lowest BCUT2D eigenvalue weighted by atomic mass is 10.1. The molecule has 1 N–H and O–H groups in total. The molecule has 8 heterocycles. The fourth-order valence-corrected chi connectivity index (χ4v) is 19.3. The Bertz CT molecular complexity index is 3400. The Morgan fingerprint density at radius 1 is 0.660 bits per heavy atom. The van der Waals surface area contributed by atoms with E-state index in [1.807, 2.05) is 69.2 Å². The highest BCUT2D eigenvalue weighted by Gasteiger charge is 2.59. The average Bonchev–Trinajstić information content (AvgIpc) is 1.58. The van der Waals surface area contributed by atoms with Gasteiger partial charge in [0.15, 0.2) is 52.0 Å². The van der Waals surface area contributed by atoms with Crippen molar-refractivity contribution in [1.82, 2.24) is 39.5 Å². The molecule has 4 saturated heterocycles. The fraction of sp³-hybridized carbons (Fsp3) is 0.787. The summed E-state index contributed by atoms with van der Waals surface area (Å²) in [6.45, 7) is 28.4. The number of carbonyl (C=O) groups is 3. The van der Waals surface area contributed by atoms with E-state index in [0.29, 0.717) is 39.5 Å². The largest absolute Gasteiger partial charge is 0.465 e. The maximum absolute atomic E-state index is 13.6. The van der Waals surface area contributed by atoms with E-state index in [1.165, 1.54) is 18.4 Å². The zero-order valence-corrected chi connectivity index (χ0v) is 60.3. The predicted molar refractivity (Wildman–Crippen MR) is 363 cm³/mol. The number of hydrogen-bond acceptors (Lipinski definition) is 25. The van der Waals surface area contributed by atoms with E-state index in [1.54, 1.807) is 65.9 Å². The van der Waals surface area contributed by atoms with E-state index in [2.05, 4.69) is 30.1 Å². The highest BCUT2D eigenvalue weighted by Crippen LogP contribution is 2.62. The van der Waals surface area contributed by atoms with Crippen LogP contribution in [0.1, 0.15) is 176 Å². The SMILES string of the molecule is C.C.CCOC(=O)C(SC[C@H]1O[C@@H](n2ncc3c(N(C(=O)OC(C)(C)C)C4CCCC4)nc(Cl)nc32)[C@@H]2OC(C)(C)O[C@@H]21)P(C)(=O)OCC.CCOP(C)(=O)C(C)(CO)SC[C@H]1O[C@@H](n2ncc3c(N(C(=O)OC(C)(C)C)C4CCCC4)nc(Cl)nc32)[C@@H]2OC(C)(C)O[C@@H]21. The summed E-state index contributed by atoms with van der Waals surface area (Å²) in [5.74, 6) is -1.25. The van der Waals surface area contributed by atoms with Gasteiger partial charge in [0.1, 0.15) is 40.1 Å². The summed E-state index contributed by atoms with van der Waals surface area (Å²) in [6.07, 6.45) is 4.41. The van der Waals surface area contributed by atoms with Crippen molar-refractivity contribution >= 4 is 113 Å². The molecule has 0 bridgehead atoms. The number of carbonyl (C=O) groups excluding carboxylic acids is 3. The van der Waals surface area contributed by atoms with Gasteiger partial charge in [0.2, 0.25) is 25.3 Å². The molecule has 4 aromatic heterocycles. The number of aromatic nitrogens is 8. The minimum atomic E-state index is -3.38. The second-order valence-electron chi connectivity index (χ2n) is 26.8. The monoisotopic (exact) mass is 1440 g/mol. The molecule has 0 radical (unpaired) electrons. The molecular weight excluding hydrogens is 1340 g/mol. The van der Waals surface area contributed by atoms with Crippen molar-refractivity contribution in [2.24, 2.45) is 0 Å². The molecule has 4 unspecified atom stereocenters. The molecule has 6 aliphatic rings. The number of amides is 2. The van der Waals surface area contributed by atoms with Gasteiger partial charge in [0, 0.05) is 36.9 Å². The molecule has 10 rings (SSSR count). The van der Waals surface area contributed by atoms with Crippen LogP contribution in [-0.4, -0.2) is 195 Å². The Morgan fingerprint density at radius 3 is 1.45 bits per heavy atom. The average molecular weight is 1440 g/mol. The molecule has 2 amide bonds. The fourth-order valence-electron chi connectivity index (χ4n) is 12.3. The lowest BCUT2D eigenvalue weighted by Crippen LogP contribution is -2.43. The van der Waals surface area contributed by atoms with E-state index in [4.69, 9.17) is 74.9 Å². The first kappa shape index (κ1) is 77.8. The molecule has 12 atom stereocenters. The lowest BCUT2D eigenvalue weighted by Gasteiger charge is -2.34. The van der Waals surface area contributed by atoms with Gasteiger partial charge >= 0.3 is 18.2 Å². The summed E-state index contributed by atoms with van der Waals surface area (Å²) < 4.78 is 95.1. The van der Waals surface area contributed by atoms with Crippen LogP contribution < -0.4 is 9.80 Å². The first-order chi connectivity index (χ1) is 43.0. The molecule has 530 valence electrons. The summed E-state index contributed by atoms with van der Waals surface area (Å²) in [5, 5.41) is 20.4. The maximum atomic E-state index is 13.6. The van der Waals surface area contributed by atoms with E-state index in [-0.39, 0.29) is 69.7 Å². The van der Waals surface area contributed by atoms with Gasteiger partial charge in [-0.1, -0.05) is 40.5 Å². The second-order valence-corrected chi connectivity index (χ2v) is 36.3. The van der Waals surface area contributed by atoms with E-state index in [9.17, 15) is 28.6 Å². The van der Waals surface area contributed by atoms with Crippen molar-refractivity contribution in [3.05, 3.63) is 23.0 Å². The second kappa shape index (κ2) is 30.5. The number of fused-ring (bicyclic) bond motifs is 4. The number of aliphatic hydroxyl groups is 1. The highest BCUT2D eigenvalue weighted by atomic mass is 35.5. The summed E-state index contributed by atoms with van der Waals surface area (Å²) >= 11 is 15.5. The zero-order chi connectivity index (χ0) is 67.3. The summed E-state index contributed by atoms with van der Waals surface area (Å²) in [4.78, 5) is 60.2. The Morgan fingerprint density at radius 2 is 1.06 bits per heavy atom. The van der Waals surface area contributed by atoms with Gasteiger partial charge in [-0.3, -0.25) is 23.7 Å². The summed E-state index contributed by atoms with van der Waals surface area (Å²) in [7, 11) is -6.56. The Hall–Kier alpha value is -3.51. The predicted octanol–water partition coefficient (Wildman–Crippen LogP) is 13.4. The first-order valence-corrected chi connectivity index (χ1v) is 38.4. The third-order valence-corrected chi connectivity index (χ3v) is 26.4. The van der Waals surface area contributed by atoms with Gasteiger partial charge in [-0.2, -0.15) is 30.1 Å². The van der Waals surface area contributed by atoms with Gasteiger partial charge in [0.05, 0.1) is 61.8 Å². The van der Waals surface area contributed by atoms with Crippen LogP contribution in [0.3, 0.4) is 0 Å². The number of halogens is 2. The van der Waals surface area contributed by atoms with Gasteiger partial charge in [0.25, 0.3) is 0 Å². The number of aliphatic hydroxyl groups excluding tert-OH is 1. The highest BCUT2D eigenvalue weighted by molar-refractivity contribution is 8.07. The van der Waals surface area contributed by atoms with Crippen LogP contribution in [-0.2, 0) is 65.6 Å². The Labute approximate surface area is 570 Å². The first-order valence-electron chi connectivity index (χ1n) is 31.4. The van der Waals surface area contributed by atoms with Crippen molar-refractivity contribution in [3.63, 3.8) is 0 Å². The number of ether oxygens (including phenoxy) is 9. The molecule has 33 heteroatoms. The van der Waals surface area contributed by atoms with Crippen LogP contribution in [0.2, 0.25) is 10.6 Å². The van der Waals surface area contributed by atoms with Gasteiger partial charge < -0.3 is 56.8 Å². The number of hydrogen-bond donors (Lipinski definition) is 1. The third-order valence-electron chi connectivity index (χ3n) is 16.4. The topological polar surface area (TPSA) is 301 Å². The molecule has 4 aromatic rings. The third kappa shape index (κ3) is 17.2. The van der Waals surface area contributed by atoms with Gasteiger partial charge in [-0.25, -0.2) is 19.0 Å².